The van der Waals surface area contributed by atoms with Crippen LogP contribution in [-0.2, 0) is 4.79 Å². The zero-order valence-corrected chi connectivity index (χ0v) is 11.7. The van der Waals surface area contributed by atoms with Gasteiger partial charge in [-0.25, -0.2) is 4.79 Å². The number of aliphatic carboxylic acids is 1. The summed E-state index contributed by atoms with van der Waals surface area (Å²) in [6.45, 7) is 6.41. The lowest BCUT2D eigenvalue weighted by Gasteiger charge is -2.33. The van der Waals surface area contributed by atoms with Crippen molar-refractivity contribution in [1.82, 2.24) is 9.80 Å². The molecular weight excluding hydrogens is 246 g/mol. The van der Waals surface area contributed by atoms with Crippen molar-refractivity contribution in [3.63, 3.8) is 0 Å². The Balaban J connectivity index is 2.76. The molecule has 0 spiro atoms. The number of carbonyl (C=O) groups excluding carboxylic acids is 1. The number of likely N-dealkylation sites (tertiary alicyclic amines) is 1. The molecule has 0 saturated carbocycles. The van der Waals surface area contributed by atoms with Crippen LogP contribution in [0.3, 0.4) is 0 Å². The molecule has 1 fully saturated rings. The van der Waals surface area contributed by atoms with Crippen molar-refractivity contribution >= 4 is 12.0 Å². The first-order valence-electron chi connectivity index (χ1n) is 6.57. The normalized spacial score (nSPS) is 22.4. The fourth-order valence-electron chi connectivity index (χ4n) is 2.45. The number of urea groups is 1. The molecule has 0 aromatic carbocycles. The van der Waals surface area contributed by atoms with Crippen LogP contribution >= 0.6 is 0 Å². The van der Waals surface area contributed by atoms with Gasteiger partial charge in [-0.15, -0.1) is 0 Å². The van der Waals surface area contributed by atoms with Crippen LogP contribution in [0.4, 0.5) is 4.79 Å². The minimum Gasteiger partial charge on any atom is -0.481 e. The number of nitrogens with zero attached hydrogens (tertiary/aromatic N) is 3. The molecule has 6 heteroatoms. The summed E-state index contributed by atoms with van der Waals surface area (Å²) in [5.41, 5.74) is 0. The number of amides is 2. The highest BCUT2D eigenvalue weighted by atomic mass is 16.4. The lowest BCUT2D eigenvalue weighted by Crippen LogP contribution is -2.49. The molecule has 2 atom stereocenters. The van der Waals surface area contributed by atoms with Crippen molar-refractivity contribution < 1.29 is 14.7 Å². The maximum Gasteiger partial charge on any atom is 0.320 e. The lowest BCUT2D eigenvalue weighted by molar-refractivity contribution is -0.142. The van der Waals surface area contributed by atoms with E-state index in [-0.39, 0.29) is 24.5 Å². The van der Waals surface area contributed by atoms with Gasteiger partial charge in [0, 0.05) is 25.2 Å². The van der Waals surface area contributed by atoms with Gasteiger partial charge >= 0.3 is 12.0 Å². The molecule has 0 radical (unpaired) electrons. The largest absolute Gasteiger partial charge is 0.481 e. The highest BCUT2D eigenvalue weighted by molar-refractivity contribution is 5.78. The van der Waals surface area contributed by atoms with Gasteiger partial charge in [-0.1, -0.05) is 0 Å². The number of nitriles is 1. The van der Waals surface area contributed by atoms with E-state index in [0.29, 0.717) is 19.5 Å². The Morgan fingerprint density at radius 1 is 1.53 bits per heavy atom. The van der Waals surface area contributed by atoms with E-state index in [2.05, 4.69) is 0 Å². The van der Waals surface area contributed by atoms with E-state index < -0.39 is 11.9 Å². The van der Waals surface area contributed by atoms with Gasteiger partial charge < -0.3 is 14.9 Å². The van der Waals surface area contributed by atoms with Gasteiger partial charge in [0.1, 0.15) is 0 Å². The third kappa shape index (κ3) is 3.37. The van der Waals surface area contributed by atoms with Crippen molar-refractivity contribution in [2.24, 2.45) is 5.92 Å². The zero-order chi connectivity index (χ0) is 14.6. The molecule has 1 aliphatic rings. The predicted octanol–water partition coefficient (Wildman–Crippen LogP) is 1.53. The van der Waals surface area contributed by atoms with Gasteiger partial charge in [-0.2, -0.15) is 5.26 Å². The molecule has 1 N–H and O–H groups in total. The second-order valence-corrected chi connectivity index (χ2v) is 5.15. The van der Waals surface area contributed by atoms with Crippen molar-refractivity contribution in [3.05, 3.63) is 0 Å². The lowest BCUT2D eigenvalue weighted by atomic mass is 10.0. The van der Waals surface area contributed by atoms with E-state index in [1.165, 1.54) is 0 Å². The summed E-state index contributed by atoms with van der Waals surface area (Å²) in [6, 6.07) is 1.56. The molecule has 6 nitrogen and oxygen atoms in total. The minimum absolute atomic E-state index is 0.00284. The summed E-state index contributed by atoms with van der Waals surface area (Å²) in [6.07, 6.45) is 0.779. The second-order valence-electron chi connectivity index (χ2n) is 5.15. The summed E-state index contributed by atoms with van der Waals surface area (Å²) >= 11 is 0. The predicted molar refractivity (Wildman–Crippen MR) is 69.4 cm³/mol. The van der Waals surface area contributed by atoms with Crippen LogP contribution in [-0.4, -0.2) is 52.1 Å². The van der Waals surface area contributed by atoms with Crippen LogP contribution in [0.25, 0.3) is 0 Å². The number of carboxylic acids is 1. The maximum absolute atomic E-state index is 12.4. The van der Waals surface area contributed by atoms with Gasteiger partial charge in [-0.3, -0.25) is 4.79 Å². The van der Waals surface area contributed by atoms with E-state index >= 15 is 0 Å². The van der Waals surface area contributed by atoms with Crippen molar-refractivity contribution in [3.8, 4) is 6.07 Å². The van der Waals surface area contributed by atoms with E-state index in [0.717, 1.165) is 0 Å². The van der Waals surface area contributed by atoms with Gasteiger partial charge in [0.2, 0.25) is 0 Å². The van der Waals surface area contributed by atoms with Crippen LogP contribution in [0.1, 0.15) is 33.6 Å². The number of rotatable bonds is 4. The van der Waals surface area contributed by atoms with Gasteiger partial charge in [0.05, 0.1) is 18.4 Å². The Kier molecular flexibility index (Phi) is 5.16. The number of hydrogen-bond acceptors (Lipinski definition) is 3. The monoisotopic (exact) mass is 267 g/mol. The Morgan fingerprint density at radius 3 is 2.58 bits per heavy atom. The Bertz CT molecular complexity index is 389. The number of carboxylic acid groups (broad SMARTS) is 1. The van der Waals surface area contributed by atoms with Crippen LogP contribution in [0, 0.1) is 17.2 Å². The molecule has 1 aliphatic heterocycles. The highest BCUT2D eigenvalue weighted by Crippen LogP contribution is 2.26. The Morgan fingerprint density at radius 2 is 2.16 bits per heavy atom. The third-order valence-corrected chi connectivity index (χ3v) is 3.65. The minimum atomic E-state index is -0.851. The average Bonchev–Trinajstić information content (AvgIpc) is 2.71. The summed E-state index contributed by atoms with van der Waals surface area (Å²) in [5.74, 6) is -1.34. The van der Waals surface area contributed by atoms with E-state index in [4.69, 9.17) is 10.4 Å². The Labute approximate surface area is 113 Å². The van der Waals surface area contributed by atoms with Crippen molar-refractivity contribution in [2.45, 2.75) is 45.7 Å². The molecule has 0 bridgehead atoms. The molecule has 19 heavy (non-hydrogen) atoms. The van der Waals surface area contributed by atoms with Crippen LogP contribution in [0.15, 0.2) is 0 Å². The number of carbonyl (C=O) groups is 2. The first-order chi connectivity index (χ1) is 8.90. The fraction of sp³-hybridized carbons (Fsp3) is 0.769. The topological polar surface area (TPSA) is 84.6 Å². The van der Waals surface area contributed by atoms with Crippen molar-refractivity contribution in [1.29, 1.82) is 5.26 Å². The zero-order valence-electron chi connectivity index (χ0n) is 11.7. The third-order valence-electron chi connectivity index (χ3n) is 3.65. The van der Waals surface area contributed by atoms with Gasteiger partial charge in [-0.05, 0) is 27.2 Å². The molecule has 1 rings (SSSR count). The van der Waals surface area contributed by atoms with E-state index in [1.807, 2.05) is 19.9 Å². The number of hydrogen-bond donors (Lipinski definition) is 1. The quantitative estimate of drug-likeness (QED) is 0.837. The van der Waals surface area contributed by atoms with Crippen LogP contribution < -0.4 is 0 Å². The molecule has 0 aromatic rings. The molecule has 1 heterocycles. The molecular formula is C13H21N3O3. The van der Waals surface area contributed by atoms with Crippen LogP contribution in [0.2, 0.25) is 0 Å². The molecule has 2 unspecified atom stereocenters. The summed E-state index contributed by atoms with van der Waals surface area (Å²) in [4.78, 5) is 26.7. The highest BCUT2D eigenvalue weighted by Gasteiger charge is 2.39. The van der Waals surface area contributed by atoms with Crippen LogP contribution in [0.5, 0.6) is 0 Å². The first-order valence-corrected chi connectivity index (χ1v) is 6.57. The first kappa shape index (κ1) is 15.3. The smallest absolute Gasteiger partial charge is 0.320 e. The molecule has 1 saturated heterocycles. The van der Waals surface area contributed by atoms with E-state index in [1.54, 1.807) is 16.7 Å². The second kappa shape index (κ2) is 6.41. The fourth-order valence-corrected chi connectivity index (χ4v) is 2.45. The molecule has 0 aromatic heterocycles. The SMILES string of the molecule is CC(C)N(CCC#N)C(=O)N1CCC(C(=O)O)C1C. The molecule has 2 amide bonds. The van der Waals surface area contributed by atoms with Crippen molar-refractivity contribution in [2.75, 3.05) is 13.1 Å². The summed E-state index contributed by atoms with van der Waals surface area (Å²) < 4.78 is 0. The van der Waals surface area contributed by atoms with Gasteiger partial charge in [0.25, 0.3) is 0 Å². The average molecular weight is 267 g/mol. The Hall–Kier alpha value is -1.77. The van der Waals surface area contributed by atoms with Gasteiger partial charge in [0.15, 0.2) is 0 Å². The summed E-state index contributed by atoms with van der Waals surface area (Å²) in [5, 5.41) is 17.7. The summed E-state index contributed by atoms with van der Waals surface area (Å²) in [7, 11) is 0. The maximum atomic E-state index is 12.4. The standard InChI is InChI=1S/C13H21N3O3/c1-9(2)15(7-4-6-14)13(19)16-8-5-11(10(16)3)12(17)18/h9-11H,4-5,7-8H2,1-3H3,(H,17,18). The molecule has 0 aliphatic carbocycles. The van der Waals surface area contributed by atoms with E-state index in [9.17, 15) is 9.59 Å². The molecule has 106 valence electrons.